The van der Waals surface area contributed by atoms with Crippen molar-refractivity contribution >= 4 is 41.8 Å². The van der Waals surface area contributed by atoms with Crippen LogP contribution < -0.4 is 11.5 Å². The highest BCUT2D eigenvalue weighted by atomic mass is 33.1. The monoisotopic (exact) mass is 508 g/mol. The summed E-state index contributed by atoms with van der Waals surface area (Å²) in [5.41, 5.74) is 12.5. The standard InChI is InChI=1S/C18H40N2O6S4/c1-17(2,3)11-15(13(19)7-9-29(21,22)23)27-28-16(12-18(4,5)6)14(20)8-10-30(24,25)26/h13-16H,7-12,19-20H2,1-6H3,(H,21,22,23)(H,24,25,26). The van der Waals surface area contributed by atoms with Crippen molar-refractivity contribution in [1.82, 2.24) is 0 Å². The van der Waals surface area contributed by atoms with Gasteiger partial charge in [-0.05, 0) is 36.5 Å². The molecule has 0 heterocycles. The number of hydrogen-bond acceptors (Lipinski definition) is 8. The predicted molar refractivity (Wildman–Crippen MR) is 129 cm³/mol. The van der Waals surface area contributed by atoms with E-state index >= 15 is 0 Å². The van der Waals surface area contributed by atoms with Crippen molar-refractivity contribution in [2.24, 2.45) is 22.3 Å². The van der Waals surface area contributed by atoms with Gasteiger partial charge in [0.15, 0.2) is 0 Å². The smallest absolute Gasteiger partial charge is 0.264 e. The van der Waals surface area contributed by atoms with E-state index in [1.54, 1.807) is 21.6 Å². The van der Waals surface area contributed by atoms with Gasteiger partial charge in [0.05, 0.1) is 11.5 Å². The van der Waals surface area contributed by atoms with Crippen LogP contribution in [0.15, 0.2) is 0 Å². The summed E-state index contributed by atoms with van der Waals surface area (Å²) in [4.78, 5) is 0. The van der Waals surface area contributed by atoms with Crippen LogP contribution in [0.3, 0.4) is 0 Å². The Labute approximate surface area is 191 Å². The molecule has 0 saturated heterocycles. The van der Waals surface area contributed by atoms with Crippen LogP contribution >= 0.6 is 21.6 Å². The fraction of sp³-hybridized carbons (Fsp3) is 1.00. The van der Waals surface area contributed by atoms with E-state index in [0.29, 0.717) is 0 Å². The Hall–Kier alpha value is 0.440. The van der Waals surface area contributed by atoms with E-state index in [2.05, 4.69) is 41.5 Å². The average molecular weight is 509 g/mol. The SMILES string of the molecule is CC(C)(C)CC(SSC(CC(C)(C)C)C(N)CCS(=O)(=O)O)C(N)CCS(=O)(=O)O. The van der Waals surface area contributed by atoms with Crippen LogP contribution in [0.2, 0.25) is 0 Å². The third-order valence-electron chi connectivity index (χ3n) is 4.30. The molecule has 0 amide bonds. The van der Waals surface area contributed by atoms with Crippen molar-refractivity contribution in [3.05, 3.63) is 0 Å². The third kappa shape index (κ3) is 17.0. The molecule has 4 unspecified atom stereocenters. The molecule has 30 heavy (non-hydrogen) atoms. The molecule has 0 aliphatic carbocycles. The summed E-state index contributed by atoms with van der Waals surface area (Å²) in [6, 6.07) is -0.874. The molecule has 0 radical (unpaired) electrons. The molecule has 0 rings (SSSR count). The highest BCUT2D eigenvalue weighted by Crippen LogP contribution is 2.43. The van der Waals surface area contributed by atoms with Crippen molar-refractivity contribution < 1.29 is 25.9 Å². The molecule has 182 valence electrons. The average Bonchev–Trinajstić information content (AvgIpc) is 2.49. The first-order chi connectivity index (χ1) is 13.2. The minimum absolute atomic E-state index is 0.0411. The zero-order valence-electron chi connectivity index (χ0n) is 18.9. The van der Waals surface area contributed by atoms with Gasteiger partial charge in [-0.15, -0.1) is 0 Å². The van der Waals surface area contributed by atoms with E-state index in [-0.39, 0.29) is 45.7 Å². The summed E-state index contributed by atoms with van der Waals surface area (Å²) >= 11 is 0. The first kappa shape index (κ1) is 30.4. The number of rotatable bonds is 13. The minimum atomic E-state index is -4.08. The Morgan fingerprint density at radius 2 is 0.967 bits per heavy atom. The molecule has 0 aliphatic rings. The zero-order chi connectivity index (χ0) is 24.0. The number of nitrogens with two attached hydrogens (primary N) is 2. The maximum atomic E-state index is 11.1. The van der Waals surface area contributed by atoms with Gasteiger partial charge in [-0.25, -0.2) is 0 Å². The van der Waals surface area contributed by atoms with Gasteiger partial charge in [-0.1, -0.05) is 63.1 Å². The van der Waals surface area contributed by atoms with Gasteiger partial charge in [0.1, 0.15) is 0 Å². The summed E-state index contributed by atoms with van der Waals surface area (Å²) in [5.74, 6) is -0.779. The van der Waals surface area contributed by atoms with Crippen LogP contribution in [0.25, 0.3) is 0 Å². The van der Waals surface area contributed by atoms with Gasteiger partial charge in [0, 0.05) is 22.6 Å². The lowest BCUT2D eigenvalue weighted by atomic mass is 9.88. The second-order valence-electron chi connectivity index (χ2n) is 10.3. The Bertz CT molecular complexity index is 652. The molecule has 0 spiro atoms. The van der Waals surface area contributed by atoms with E-state index in [1.807, 2.05) is 0 Å². The lowest BCUT2D eigenvalue weighted by Gasteiger charge is -2.33. The molecule has 0 aromatic carbocycles. The molecule has 0 aromatic rings. The van der Waals surface area contributed by atoms with Crippen LogP contribution in [0, 0.1) is 10.8 Å². The molecule has 12 heteroatoms. The minimum Gasteiger partial charge on any atom is -0.327 e. The van der Waals surface area contributed by atoms with Crippen molar-refractivity contribution in [1.29, 1.82) is 0 Å². The molecule has 6 N–H and O–H groups in total. The summed E-state index contributed by atoms with van der Waals surface area (Å²) < 4.78 is 62.5. The molecule has 0 aromatic heterocycles. The summed E-state index contributed by atoms with van der Waals surface area (Å²) in [5, 5.41) is -0.152. The molecule has 0 saturated carbocycles. The zero-order valence-corrected chi connectivity index (χ0v) is 22.1. The maximum absolute atomic E-state index is 11.1. The van der Waals surface area contributed by atoms with E-state index in [9.17, 15) is 16.8 Å². The maximum Gasteiger partial charge on any atom is 0.264 e. The lowest BCUT2D eigenvalue weighted by molar-refractivity contribution is 0.351. The largest absolute Gasteiger partial charge is 0.327 e. The lowest BCUT2D eigenvalue weighted by Crippen LogP contribution is -2.38. The molecule has 0 aliphatic heterocycles. The highest BCUT2D eigenvalue weighted by molar-refractivity contribution is 8.77. The summed E-state index contributed by atoms with van der Waals surface area (Å²) in [6.07, 6.45) is 1.76. The Balaban J connectivity index is 5.31. The Kier molecular flexibility index (Phi) is 12.2. The molecule has 0 bridgehead atoms. The predicted octanol–water partition coefficient (Wildman–Crippen LogP) is 3.19. The second kappa shape index (κ2) is 12.1. The van der Waals surface area contributed by atoms with E-state index < -0.39 is 32.3 Å². The Morgan fingerprint density at radius 3 is 1.17 bits per heavy atom. The third-order valence-corrected chi connectivity index (χ3v) is 9.26. The van der Waals surface area contributed by atoms with Crippen LogP contribution in [0.5, 0.6) is 0 Å². The normalized spacial score (nSPS) is 18.1. The van der Waals surface area contributed by atoms with Gasteiger partial charge in [-0.3, -0.25) is 9.11 Å². The van der Waals surface area contributed by atoms with E-state index in [1.165, 1.54) is 0 Å². The second-order valence-corrected chi connectivity index (χ2v) is 16.2. The van der Waals surface area contributed by atoms with Gasteiger partial charge < -0.3 is 11.5 Å². The van der Waals surface area contributed by atoms with E-state index in [0.717, 1.165) is 12.8 Å². The van der Waals surface area contributed by atoms with Crippen LogP contribution in [0.4, 0.5) is 0 Å². The molecular formula is C18H40N2O6S4. The fourth-order valence-corrected chi connectivity index (χ4v) is 8.05. The summed E-state index contributed by atoms with van der Waals surface area (Å²) in [6.45, 7) is 12.4. The van der Waals surface area contributed by atoms with Gasteiger partial charge in [-0.2, -0.15) is 16.8 Å². The van der Waals surface area contributed by atoms with Crippen molar-refractivity contribution in [3.8, 4) is 0 Å². The molecular weight excluding hydrogens is 468 g/mol. The topological polar surface area (TPSA) is 161 Å². The van der Waals surface area contributed by atoms with Gasteiger partial charge >= 0.3 is 0 Å². The number of hydrogen-bond donors (Lipinski definition) is 4. The van der Waals surface area contributed by atoms with Gasteiger partial charge in [0.25, 0.3) is 20.2 Å². The van der Waals surface area contributed by atoms with Crippen LogP contribution in [-0.2, 0) is 20.2 Å². The first-order valence-electron chi connectivity index (χ1n) is 9.92. The molecule has 4 atom stereocenters. The van der Waals surface area contributed by atoms with Gasteiger partial charge in [0.2, 0.25) is 0 Å². The van der Waals surface area contributed by atoms with Crippen LogP contribution in [-0.4, -0.2) is 60.0 Å². The first-order valence-corrected chi connectivity index (χ1v) is 15.4. The van der Waals surface area contributed by atoms with Crippen molar-refractivity contribution in [3.63, 3.8) is 0 Å². The highest BCUT2D eigenvalue weighted by Gasteiger charge is 2.30. The Morgan fingerprint density at radius 1 is 0.700 bits per heavy atom. The molecule has 8 nitrogen and oxygen atoms in total. The van der Waals surface area contributed by atoms with Crippen molar-refractivity contribution in [2.75, 3.05) is 11.5 Å². The molecule has 0 fully saturated rings. The quantitative estimate of drug-likeness (QED) is 0.215. The summed E-state index contributed by atoms with van der Waals surface area (Å²) in [7, 11) is -5.08. The van der Waals surface area contributed by atoms with Crippen LogP contribution in [0.1, 0.15) is 67.2 Å². The van der Waals surface area contributed by atoms with E-state index in [4.69, 9.17) is 20.6 Å². The van der Waals surface area contributed by atoms with Crippen molar-refractivity contribution in [2.45, 2.75) is 89.8 Å². The fourth-order valence-electron chi connectivity index (χ4n) is 2.81.